The van der Waals surface area contributed by atoms with Crippen LogP contribution in [-0.2, 0) is 4.79 Å². The highest BCUT2D eigenvalue weighted by molar-refractivity contribution is 5.99. The summed E-state index contributed by atoms with van der Waals surface area (Å²) in [7, 11) is 0. The fourth-order valence-electron chi connectivity index (χ4n) is 7.04. The molecule has 42 heavy (non-hydrogen) atoms. The molecule has 3 aliphatic rings. The Balaban J connectivity index is 1.45. The predicted octanol–water partition coefficient (Wildman–Crippen LogP) is 4.52. The number of amides is 2. The molecule has 1 saturated carbocycles. The van der Waals surface area contributed by atoms with E-state index in [-0.39, 0.29) is 34.7 Å². The van der Waals surface area contributed by atoms with Crippen LogP contribution in [0.1, 0.15) is 77.7 Å². The molecule has 0 radical (unpaired) electrons. The van der Waals surface area contributed by atoms with Gasteiger partial charge < -0.3 is 25.2 Å². The van der Waals surface area contributed by atoms with Crippen molar-refractivity contribution < 1.29 is 14.3 Å². The van der Waals surface area contributed by atoms with Crippen molar-refractivity contribution in [2.75, 3.05) is 44.2 Å². The van der Waals surface area contributed by atoms with Gasteiger partial charge >= 0.3 is 0 Å². The lowest BCUT2D eigenvalue weighted by Gasteiger charge is -2.48. The molecule has 5 rings (SSSR count). The molecule has 3 fully saturated rings. The lowest BCUT2D eigenvalue weighted by atomic mass is 9.65. The molecule has 0 bridgehead atoms. The summed E-state index contributed by atoms with van der Waals surface area (Å²) >= 11 is 0. The lowest BCUT2D eigenvalue weighted by Crippen LogP contribution is -2.59. The van der Waals surface area contributed by atoms with Crippen molar-refractivity contribution in [2.24, 2.45) is 16.7 Å². The summed E-state index contributed by atoms with van der Waals surface area (Å²) in [6.07, 6.45) is 5.46. The normalized spacial score (nSPS) is 27.2. The topological polar surface area (TPSA) is 99.7 Å². The van der Waals surface area contributed by atoms with Gasteiger partial charge in [0.2, 0.25) is 11.8 Å². The summed E-state index contributed by atoms with van der Waals surface area (Å²) in [6, 6.07) is 7.90. The Bertz CT molecular complexity index is 1290. The van der Waals surface area contributed by atoms with Crippen molar-refractivity contribution in [1.29, 1.82) is 0 Å². The SMILES string of the molecule is CCOc1ncccc1-c1ccc(N2CCN(C(=O)C3(C)CCC(C)C3(C)C)C[C@H]2CC)c(C(=O)N[C@@H]2CCNC2)n1. The zero-order chi connectivity index (χ0) is 30.1. The van der Waals surface area contributed by atoms with Gasteiger partial charge in [-0.05, 0) is 74.8 Å². The molecule has 1 aliphatic carbocycles. The predicted molar refractivity (Wildman–Crippen MR) is 166 cm³/mol. The summed E-state index contributed by atoms with van der Waals surface area (Å²) in [5, 5.41) is 6.53. The number of aromatic nitrogens is 2. The quantitative estimate of drug-likeness (QED) is 0.477. The number of pyridine rings is 2. The Hall–Kier alpha value is -3.20. The van der Waals surface area contributed by atoms with E-state index in [1.54, 1.807) is 6.20 Å². The number of carbonyl (C=O) groups is 2. The van der Waals surface area contributed by atoms with Gasteiger partial charge in [0.25, 0.3) is 5.91 Å². The van der Waals surface area contributed by atoms with E-state index in [4.69, 9.17) is 9.72 Å². The van der Waals surface area contributed by atoms with Crippen LogP contribution in [0.4, 0.5) is 5.69 Å². The molecule has 2 amide bonds. The molecule has 2 saturated heterocycles. The van der Waals surface area contributed by atoms with Crippen LogP contribution >= 0.6 is 0 Å². The Morgan fingerprint density at radius 1 is 1.14 bits per heavy atom. The molecule has 4 heterocycles. The van der Waals surface area contributed by atoms with Gasteiger partial charge in [0.1, 0.15) is 0 Å². The van der Waals surface area contributed by atoms with Crippen LogP contribution in [0.15, 0.2) is 30.5 Å². The molecule has 0 spiro atoms. The highest BCUT2D eigenvalue weighted by Gasteiger charge is 2.55. The number of piperazine rings is 1. The number of ether oxygens (including phenoxy) is 1. The Kier molecular flexibility index (Phi) is 8.78. The van der Waals surface area contributed by atoms with Crippen LogP contribution in [0.5, 0.6) is 5.88 Å². The molecule has 2 aromatic heterocycles. The first-order valence-electron chi connectivity index (χ1n) is 15.8. The monoisotopic (exact) mass is 576 g/mol. The fourth-order valence-corrected chi connectivity index (χ4v) is 7.04. The minimum Gasteiger partial charge on any atom is -0.477 e. The number of carbonyl (C=O) groups excluding carboxylic acids is 2. The van der Waals surface area contributed by atoms with Crippen LogP contribution in [0.3, 0.4) is 0 Å². The smallest absolute Gasteiger partial charge is 0.272 e. The molecule has 2 aliphatic heterocycles. The van der Waals surface area contributed by atoms with Crippen molar-refractivity contribution in [1.82, 2.24) is 25.5 Å². The number of nitrogens with zero attached hydrogens (tertiary/aromatic N) is 4. The second kappa shape index (κ2) is 12.2. The van der Waals surface area contributed by atoms with E-state index in [1.165, 1.54) is 0 Å². The molecule has 2 unspecified atom stereocenters. The number of nitrogens with one attached hydrogen (secondary N) is 2. The second-order valence-electron chi connectivity index (χ2n) is 13.0. The van der Waals surface area contributed by atoms with Crippen LogP contribution in [0.25, 0.3) is 11.3 Å². The number of rotatable bonds is 8. The maximum Gasteiger partial charge on any atom is 0.272 e. The Labute approximate surface area is 250 Å². The molecular weight excluding hydrogens is 528 g/mol. The van der Waals surface area contributed by atoms with E-state index >= 15 is 0 Å². The van der Waals surface area contributed by atoms with E-state index < -0.39 is 0 Å². The van der Waals surface area contributed by atoms with Crippen molar-refractivity contribution in [3.63, 3.8) is 0 Å². The molecular formula is C33H48N6O3. The van der Waals surface area contributed by atoms with Gasteiger partial charge in [0, 0.05) is 44.5 Å². The third-order valence-corrected chi connectivity index (χ3v) is 10.6. The summed E-state index contributed by atoms with van der Waals surface area (Å²) < 4.78 is 5.78. The van der Waals surface area contributed by atoms with E-state index in [2.05, 4.69) is 60.0 Å². The van der Waals surface area contributed by atoms with Gasteiger partial charge in [0.15, 0.2) is 5.69 Å². The molecule has 2 N–H and O–H groups in total. The zero-order valence-corrected chi connectivity index (χ0v) is 26.2. The van der Waals surface area contributed by atoms with Gasteiger partial charge in [-0.15, -0.1) is 0 Å². The molecule has 2 aromatic rings. The minimum absolute atomic E-state index is 0.0460. The van der Waals surface area contributed by atoms with Crippen LogP contribution < -0.4 is 20.3 Å². The number of hydrogen-bond acceptors (Lipinski definition) is 7. The van der Waals surface area contributed by atoms with E-state index in [9.17, 15) is 9.59 Å². The molecule has 9 nitrogen and oxygen atoms in total. The maximum atomic E-state index is 14.1. The standard InChI is InChI=1S/C33H48N6O3/c1-7-24-21-38(31(41)33(6)15-13-22(3)32(33,4)5)18-19-39(24)27-12-11-26(25-10-9-16-35-30(25)42-8-2)37-28(27)29(40)36-23-14-17-34-20-23/h9-12,16,22-24,34H,7-8,13-15,17-21H2,1-6H3,(H,36,40)/t22?,23-,24-,33?/m1/s1. The lowest BCUT2D eigenvalue weighted by molar-refractivity contribution is -0.148. The van der Waals surface area contributed by atoms with Gasteiger partial charge in [-0.2, -0.15) is 0 Å². The van der Waals surface area contributed by atoms with Crippen molar-refractivity contribution in [2.45, 2.75) is 79.3 Å². The molecule has 228 valence electrons. The van der Waals surface area contributed by atoms with Crippen LogP contribution in [-0.4, -0.2) is 78.1 Å². The maximum absolute atomic E-state index is 14.1. The number of hydrogen-bond donors (Lipinski definition) is 2. The number of anilines is 1. The minimum atomic E-state index is -0.363. The summed E-state index contributed by atoms with van der Waals surface area (Å²) in [4.78, 5) is 41.6. The first kappa shape index (κ1) is 30.3. The largest absolute Gasteiger partial charge is 0.477 e. The highest BCUT2D eigenvalue weighted by Crippen LogP contribution is 2.56. The highest BCUT2D eigenvalue weighted by atomic mass is 16.5. The molecule has 9 heteroatoms. The third-order valence-electron chi connectivity index (χ3n) is 10.6. The summed E-state index contributed by atoms with van der Waals surface area (Å²) in [5.41, 5.74) is 2.21. The molecule has 0 aromatic carbocycles. The van der Waals surface area contributed by atoms with Crippen molar-refractivity contribution >= 4 is 17.5 Å². The van der Waals surface area contributed by atoms with Crippen molar-refractivity contribution in [3.05, 3.63) is 36.2 Å². The van der Waals surface area contributed by atoms with Crippen LogP contribution in [0, 0.1) is 16.7 Å². The Morgan fingerprint density at radius 2 is 1.95 bits per heavy atom. The zero-order valence-electron chi connectivity index (χ0n) is 26.2. The Morgan fingerprint density at radius 3 is 2.62 bits per heavy atom. The first-order chi connectivity index (χ1) is 20.1. The molecule has 4 atom stereocenters. The summed E-state index contributed by atoms with van der Waals surface area (Å²) in [5.74, 6) is 1.11. The van der Waals surface area contributed by atoms with Gasteiger partial charge in [-0.25, -0.2) is 9.97 Å². The van der Waals surface area contributed by atoms with E-state index in [0.29, 0.717) is 49.4 Å². The first-order valence-corrected chi connectivity index (χ1v) is 15.8. The summed E-state index contributed by atoms with van der Waals surface area (Å²) in [6.45, 7) is 17.1. The fraction of sp³-hybridized carbons (Fsp3) is 0.636. The van der Waals surface area contributed by atoms with Gasteiger partial charge in [0.05, 0.1) is 29.0 Å². The van der Waals surface area contributed by atoms with E-state index in [1.807, 2.05) is 31.2 Å². The van der Waals surface area contributed by atoms with E-state index in [0.717, 1.165) is 50.0 Å². The van der Waals surface area contributed by atoms with Gasteiger partial charge in [-0.1, -0.05) is 34.6 Å². The van der Waals surface area contributed by atoms with Crippen molar-refractivity contribution in [3.8, 4) is 17.1 Å². The van der Waals surface area contributed by atoms with Crippen LogP contribution in [0.2, 0.25) is 0 Å². The second-order valence-corrected chi connectivity index (χ2v) is 13.0. The third kappa shape index (κ3) is 5.48. The van der Waals surface area contributed by atoms with Gasteiger partial charge in [-0.3, -0.25) is 9.59 Å². The average molecular weight is 577 g/mol. The average Bonchev–Trinajstić information content (AvgIpc) is 3.58.